The minimum Gasteiger partial charge on any atom is -0.462 e. The highest BCUT2D eigenvalue weighted by Gasteiger charge is 2.19. The summed E-state index contributed by atoms with van der Waals surface area (Å²) in [7, 11) is 0. The molecule has 1 unspecified atom stereocenters. The first kappa shape index (κ1) is 79.4. The van der Waals surface area contributed by atoms with Gasteiger partial charge in [0.1, 0.15) is 13.2 Å². The van der Waals surface area contributed by atoms with Crippen molar-refractivity contribution in [1.29, 1.82) is 0 Å². The summed E-state index contributed by atoms with van der Waals surface area (Å²) in [5.74, 6) is -0.881. The Morgan fingerprint density at radius 2 is 0.476 bits per heavy atom. The Morgan fingerprint density at radius 3 is 0.768 bits per heavy atom. The molecule has 480 valence electrons. The highest BCUT2D eigenvalue weighted by Crippen LogP contribution is 2.19. The van der Waals surface area contributed by atoms with Crippen molar-refractivity contribution >= 4 is 17.9 Å². The van der Waals surface area contributed by atoms with E-state index in [0.717, 1.165) is 83.5 Å². The molecule has 0 fully saturated rings. The van der Waals surface area contributed by atoms with Crippen LogP contribution >= 0.6 is 0 Å². The van der Waals surface area contributed by atoms with Crippen LogP contribution in [0.5, 0.6) is 0 Å². The standard InChI is InChI=1S/C76H140O6/c1-4-7-10-13-16-19-22-25-27-29-31-32-33-34-35-36-37-38-39-40-41-42-43-44-45-47-48-51-54-57-60-63-66-69-75(78)81-72-73(71-80-74(77)68-65-62-59-56-53-50-24-21-18-15-12-9-6-3)82-76(79)70-67-64-61-58-55-52-49-46-30-28-26-23-20-17-14-11-8-5-2/h9,12,18,21,29,31,50,53,73H,4-8,10-11,13-17,19-20,22-28,30,32-49,51-52,54-72H2,1-3H3/b12-9-,21-18-,31-29-,53-50-. The molecule has 0 N–H and O–H groups in total. The van der Waals surface area contributed by atoms with Crippen molar-refractivity contribution in [2.45, 2.75) is 406 Å². The summed E-state index contributed by atoms with van der Waals surface area (Å²) in [5.41, 5.74) is 0. The summed E-state index contributed by atoms with van der Waals surface area (Å²) in [5, 5.41) is 0. The van der Waals surface area contributed by atoms with Gasteiger partial charge in [0.25, 0.3) is 0 Å². The Balaban J connectivity index is 4.12. The summed E-state index contributed by atoms with van der Waals surface area (Å²) in [4.78, 5) is 38.4. The lowest BCUT2D eigenvalue weighted by atomic mass is 10.0. The molecule has 0 aliphatic heterocycles. The van der Waals surface area contributed by atoms with E-state index in [-0.39, 0.29) is 31.1 Å². The molecule has 0 rings (SSSR count). The maximum Gasteiger partial charge on any atom is 0.306 e. The lowest BCUT2D eigenvalue weighted by Gasteiger charge is -2.18. The Kier molecular flexibility index (Phi) is 68.6. The molecule has 0 heterocycles. The largest absolute Gasteiger partial charge is 0.462 e. The van der Waals surface area contributed by atoms with Gasteiger partial charge in [0, 0.05) is 19.3 Å². The predicted octanol–water partition coefficient (Wildman–Crippen LogP) is 25.3. The number of allylic oxidation sites excluding steroid dienone is 8. The molecule has 6 nitrogen and oxygen atoms in total. The van der Waals surface area contributed by atoms with Crippen molar-refractivity contribution in [3.63, 3.8) is 0 Å². The molecule has 6 heteroatoms. The highest BCUT2D eigenvalue weighted by molar-refractivity contribution is 5.71. The third kappa shape index (κ3) is 68.2. The van der Waals surface area contributed by atoms with Gasteiger partial charge in [0.15, 0.2) is 6.10 Å². The molecule has 0 spiro atoms. The van der Waals surface area contributed by atoms with Gasteiger partial charge in [-0.25, -0.2) is 0 Å². The molecule has 0 aromatic heterocycles. The van der Waals surface area contributed by atoms with Crippen LogP contribution in [-0.2, 0) is 28.6 Å². The number of carbonyl (C=O) groups is 3. The Hall–Kier alpha value is -2.63. The number of ether oxygens (including phenoxy) is 3. The average Bonchev–Trinajstić information content (AvgIpc) is 3.47. The molecule has 0 saturated carbocycles. The van der Waals surface area contributed by atoms with Crippen molar-refractivity contribution < 1.29 is 28.6 Å². The molecule has 0 radical (unpaired) electrons. The molecule has 0 amide bonds. The number of carbonyl (C=O) groups excluding carboxylic acids is 3. The summed E-state index contributed by atoms with van der Waals surface area (Å²) in [6.07, 6.45) is 90.3. The van der Waals surface area contributed by atoms with E-state index in [4.69, 9.17) is 14.2 Å². The van der Waals surface area contributed by atoms with Crippen molar-refractivity contribution in [3.8, 4) is 0 Å². The zero-order chi connectivity index (χ0) is 59.2. The Morgan fingerprint density at radius 1 is 0.256 bits per heavy atom. The number of unbranched alkanes of at least 4 members (excludes halogenated alkanes) is 49. The first-order valence-electron chi connectivity index (χ1n) is 36.6. The zero-order valence-electron chi connectivity index (χ0n) is 55.3. The van der Waals surface area contributed by atoms with E-state index >= 15 is 0 Å². The quantitative estimate of drug-likeness (QED) is 0.0261. The maximum absolute atomic E-state index is 12.9. The molecule has 0 aromatic carbocycles. The van der Waals surface area contributed by atoms with Crippen LogP contribution in [-0.4, -0.2) is 37.2 Å². The highest BCUT2D eigenvalue weighted by atomic mass is 16.6. The van der Waals surface area contributed by atoms with Crippen molar-refractivity contribution in [2.24, 2.45) is 0 Å². The molecular formula is C76H140O6. The molecule has 0 bridgehead atoms. The van der Waals surface area contributed by atoms with E-state index in [9.17, 15) is 14.4 Å². The van der Waals surface area contributed by atoms with Crippen molar-refractivity contribution in [2.75, 3.05) is 13.2 Å². The van der Waals surface area contributed by atoms with Gasteiger partial charge in [-0.3, -0.25) is 14.4 Å². The van der Waals surface area contributed by atoms with E-state index in [1.807, 2.05) is 0 Å². The molecule has 1 atom stereocenters. The van der Waals surface area contributed by atoms with Crippen LogP contribution in [0, 0.1) is 0 Å². The third-order valence-corrected chi connectivity index (χ3v) is 16.6. The SMILES string of the molecule is CC/C=C\C/C=C\C/C=C\CCCCCC(=O)OCC(COC(=O)CCCCCCCCCCCCCCCCCCCCCCC/C=C\CCCCCCCCCC)OC(=O)CCCCCCCCCCCCCCCCCCCC. The molecule has 82 heavy (non-hydrogen) atoms. The van der Waals surface area contributed by atoms with E-state index in [0.29, 0.717) is 19.3 Å². The van der Waals surface area contributed by atoms with Crippen LogP contribution in [0.4, 0.5) is 0 Å². The van der Waals surface area contributed by atoms with Crippen LogP contribution in [0.3, 0.4) is 0 Å². The monoisotopic (exact) mass is 1150 g/mol. The maximum atomic E-state index is 12.9. The van der Waals surface area contributed by atoms with E-state index < -0.39 is 6.10 Å². The normalized spacial score (nSPS) is 12.3. The zero-order valence-corrected chi connectivity index (χ0v) is 55.3. The van der Waals surface area contributed by atoms with Crippen LogP contribution in [0.1, 0.15) is 400 Å². The summed E-state index contributed by atoms with van der Waals surface area (Å²) in [6, 6.07) is 0. The van der Waals surface area contributed by atoms with Gasteiger partial charge in [-0.05, 0) is 77.0 Å². The summed E-state index contributed by atoms with van der Waals surface area (Å²) >= 11 is 0. The van der Waals surface area contributed by atoms with Crippen molar-refractivity contribution in [1.82, 2.24) is 0 Å². The van der Waals surface area contributed by atoms with Gasteiger partial charge >= 0.3 is 17.9 Å². The van der Waals surface area contributed by atoms with Crippen LogP contribution < -0.4 is 0 Å². The van der Waals surface area contributed by atoms with Crippen LogP contribution in [0.15, 0.2) is 48.6 Å². The fourth-order valence-corrected chi connectivity index (χ4v) is 11.1. The lowest BCUT2D eigenvalue weighted by molar-refractivity contribution is -0.167. The molecule has 0 aromatic rings. The fourth-order valence-electron chi connectivity index (χ4n) is 11.1. The second-order valence-corrected chi connectivity index (χ2v) is 24.8. The predicted molar refractivity (Wildman–Crippen MR) is 358 cm³/mol. The molecule has 0 aliphatic carbocycles. The summed E-state index contributed by atoms with van der Waals surface area (Å²) in [6.45, 7) is 6.57. The van der Waals surface area contributed by atoms with Gasteiger partial charge in [0.2, 0.25) is 0 Å². The second kappa shape index (κ2) is 70.9. The topological polar surface area (TPSA) is 78.9 Å². The fraction of sp³-hybridized carbons (Fsp3) is 0.855. The van der Waals surface area contributed by atoms with Gasteiger partial charge in [0.05, 0.1) is 0 Å². The second-order valence-electron chi connectivity index (χ2n) is 24.8. The van der Waals surface area contributed by atoms with E-state index in [1.165, 1.54) is 276 Å². The minimum absolute atomic E-state index is 0.0771. The van der Waals surface area contributed by atoms with Gasteiger partial charge in [-0.1, -0.05) is 352 Å². The number of rotatable bonds is 68. The first-order chi connectivity index (χ1) is 40.5. The van der Waals surface area contributed by atoms with Gasteiger partial charge in [-0.15, -0.1) is 0 Å². The first-order valence-corrected chi connectivity index (χ1v) is 36.6. The smallest absolute Gasteiger partial charge is 0.306 e. The number of hydrogen-bond donors (Lipinski definition) is 0. The molecular weight excluding hydrogens is 1010 g/mol. The molecule has 0 aliphatic rings. The lowest BCUT2D eigenvalue weighted by Crippen LogP contribution is -2.30. The van der Waals surface area contributed by atoms with Crippen LogP contribution in [0.25, 0.3) is 0 Å². The molecule has 0 saturated heterocycles. The Bertz CT molecular complexity index is 1410. The summed E-state index contributed by atoms with van der Waals surface area (Å²) < 4.78 is 17.0. The van der Waals surface area contributed by atoms with Gasteiger partial charge < -0.3 is 14.2 Å². The minimum atomic E-state index is -0.783. The van der Waals surface area contributed by atoms with Crippen LogP contribution in [0.2, 0.25) is 0 Å². The third-order valence-electron chi connectivity index (χ3n) is 16.6. The average molecular weight is 1150 g/mol. The van der Waals surface area contributed by atoms with Gasteiger partial charge in [-0.2, -0.15) is 0 Å². The Labute approximate surface area is 511 Å². The number of hydrogen-bond acceptors (Lipinski definition) is 6. The number of esters is 3. The van der Waals surface area contributed by atoms with Crippen molar-refractivity contribution in [3.05, 3.63) is 48.6 Å². The van der Waals surface area contributed by atoms with E-state index in [2.05, 4.69) is 69.4 Å². The van der Waals surface area contributed by atoms with E-state index in [1.54, 1.807) is 0 Å².